The monoisotopic (exact) mass is 468 g/mol. The van der Waals surface area contributed by atoms with Crippen molar-refractivity contribution in [3.05, 3.63) is 47.0 Å². The molecular formula is C22H29ClN2O5S. The van der Waals surface area contributed by atoms with Crippen LogP contribution in [0.1, 0.15) is 32.3 Å². The summed E-state index contributed by atoms with van der Waals surface area (Å²) in [6.07, 6.45) is 0.704. The van der Waals surface area contributed by atoms with Gasteiger partial charge in [-0.2, -0.15) is 4.31 Å². The molecule has 0 saturated carbocycles. The largest absolute Gasteiger partial charge is 0.495 e. The Morgan fingerprint density at radius 1 is 1.13 bits per heavy atom. The van der Waals surface area contributed by atoms with E-state index in [1.807, 2.05) is 13.0 Å². The van der Waals surface area contributed by atoms with E-state index in [1.54, 1.807) is 26.0 Å². The van der Waals surface area contributed by atoms with E-state index in [1.165, 1.54) is 29.6 Å². The number of carbonyl (C=O) groups excluding carboxylic acids is 1. The molecule has 0 heterocycles. The summed E-state index contributed by atoms with van der Waals surface area (Å²) in [4.78, 5) is 12.5. The average Bonchev–Trinajstić information content (AvgIpc) is 2.74. The van der Waals surface area contributed by atoms with E-state index in [4.69, 9.17) is 21.1 Å². The minimum absolute atomic E-state index is 0.105. The van der Waals surface area contributed by atoms with Gasteiger partial charge in [0.05, 0.1) is 24.3 Å². The summed E-state index contributed by atoms with van der Waals surface area (Å²) < 4.78 is 37.8. The summed E-state index contributed by atoms with van der Waals surface area (Å²) in [7, 11) is -2.18. The number of nitrogens with one attached hydrogen (secondary N) is 1. The van der Waals surface area contributed by atoms with Crippen LogP contribution in [0.15, 0.2) is 41.3 Å². The van der Waals surface area contributed by atoms with Crippen molar-refractivity contribution in [1.29, 1.82) is 0 Å². The number of sulfonamides is 1. The number of aryl methyl sites for hydroxylation is 1. The van der Waals surface area contributed by atoms with Gasteiger partial charge in [0.25, 0.3) is 0 Å². The van der Waals surface area contributed by atoms with Crippen LogP contribution >= 0.6 is 11.6 Å². The van der Waals surface area contributed by atoms with E-state index < -0.39 is 10.0 Å². The number of rotatable bonds is 11. The lowest BCUT2D eigenvalue weighted by molar-refractivity contribution is -0.116. The van der Waals surface area contributed by atoms with E-state index in [-0.39, 0.29) is 17.2 Å². The number of hydrogen-bond acceptors (Lipinski definition) is 5. The van der Waals surface area contributed by atoms with Gasteiger partial charge in [0.2, 0.25) is 15.9 Å². The van der Waals surface area contributed by atoms with Crippen LogP contribution in [-0.2, 0) is 14.8 Å². The van der Waals surface area contributed by atoms with Gasteiger partial charge in [-0.15, -0.1) is 0 Å². The number of anilines is 1. The molecule has 0 fully saturated rings. The minimum atomic E-state index is -3.65. The molecule has 0 aromatic heterocycles. The highest BCUT2D eigenvalue weighted by molar-refractivity contribution is 7.89. The Bertz CT molecular complexity index is 1010. The number of nitrogens with zero attached hydrogens (tertiary/aromatic N) is 1. The van der Waals surface area contributed by atoms with E-state index in [2.05, 4.69) is 5.32 Å². The van der Waals surface area contributed by atoms with Crippen LogP contribution in [0.5, 0.6) is 11.5 Å². The zero-order chi connectivity index (χ0) is 23.0. The Morgan fingerprint density at radius 3 is 2.45 bits per heavy atom. The van der Waals surface area contributed by atoms with Crippen LogP contribution in [0.25, 0.3) is 0 Å². The van der Waals surface area contributed by atoms with Gasteiger partial charge < -0.3 is 14.8 Å². The van der Waals surface area contributed by atoms with Crippen molar-refractivity contribution >= 4 is 33.2 Å². The van der Waals surface area contributed by atoms with Gasteiger partial charge in [0, 0.05) is 24.5 Å². The van der Waals surface area contributed by atoms with Crippen molar-refractivity contribution in [2.75, 3.05) is 32.1 Å². The van der Waals surface area contributed by atoms with E-state index >= 15 is 0 Å². The molecule has 170 valence electrons. The fourth-order valence-electron chi connectivity index (χ4n) is 3.00. The Labute approximate surface area is 189 Å². The first-order chi connectivity index (χ1) is 14.7. The second-order valence-electron chi connectivity index (χ2n) is 6.86. The van der Waals surface area contributed by atoms with Crippen LogP contribution < -0.4 is 14.8 Å². The lowest BCUT2D eigenvalue weighted by Crippen LogP contribution is -2.30. The van der Waals surface area contributed by atoms with Crippen molar-refractivity contribution in [2.24, 2.45) is 0 Å². The highest BCUT2D eigenvalue weighted by atomic mass is 35.5. The summed E-state index contributed by atoms with van der Waals surface area (Å²) in [5.41, 5.74) is 1.23. The Hall–Kier alpha value is -2.29. The molecule has 2 aromatic rings. The molecule has 0 spiro atoms. The molecule has 9 heteroatoms. The molecule has 31 heavy (non-hydrogen) atoms. The van der Waals surface area contributed by atoms with Gasteiger partial charge in [0.1, 0.15) is 11.5 Å². The Kier molecular flexibility index (Phi) is 9.15. The standard InChI is InChI=1S/C22H29ClN2O5S/c1-5-25(6-2)31(27,28)18-10-12-21(29-4)20(15-18)24-22(26)8-7-13-30-17-9-11-19(23)16(3)14-17/h9-12,14-15H,5-8,13H2,1-4H3,(H,24,26). The Balaban J connectivity index is 2.00. The second-order valence-corrected chi connectivity index (χ2v) is 9.21. The Morgan fingerprint density at radius 2 is 1.84 bits per heavy atom. The van der Waals surface area contributed by atoms with E-state index in [0.29, 0.717) is 48.3 Å². The van der Waals surface area contributed by atoms with Crippen molar-refractivity contribution in [3.63, 3.8) is 0 Å². The van der Waals surface area contributed by atoms with Crippen LogP contribution in [0.4, 0.5) is 5.69 Å². The smallest absolute Gasteiger partial charge is 0.243 e. The molecule has 2 aromatic carbocycles. The number of carbonyl (C=O) groups is 1. The van der Waals surface area contributed by atoms with Gasteiger partial charge in [-0.3, -0.25) is 4.79 Å². The first-order valence-corrected chi connectivity index (χ1v) is 11.9. The first kappa shape index (κ1) is 25.0. The van der Waals surface area contributed by atoms with Crippen molar-refractivity contribution < 1.29 is 22.7 Å². The molecule has 7 nitrogen and oxygen atoms in total. The average molecular weight is 469 g/mol. The third-order valence-corrected chi connectivity index (χ3v) is 7.20. The molecule has 0 atom stereocenters. The lowest BCUT2D eigenvalue weighted by Gasteiger charge is -2.19. The number of methoxy groups -OCH3 is 1. The van der Waals surface area contributed by atoms with Gasteiger partial charge in [-0.05, 0) is 55.3 Å². The number of ether oxygens (including phenoxy) is 2. The number of benzene rings is 2. The van der Waals surface area contributed by atoms with Crippen LogP contribution in [-0.4, -0.2) is 45.4 Å². The summed E-state index contributed by atoms with van der Waals surface area (Å²) in [5, 5.41) is 3.42. The van der Waals surface area contributed by atoms with Crippen LogP contribution in [0.2, 0.25) is 5.02 Å². The fraction of sp³-hybridized carbons (Fsp3) is 0.409. The van der Waals surface area contributed by atoms with Crippen molar-refractivity contribution in [1.82, 2.24) is 4.31 Å². The molecule has 0 bridgehead atoms. The van der Waals surface area contributed by atoms with Crippen LogP contribution in [0.3, 0.4) is 0 Å². The minimum Gasteiger partial charge on any atom is -0.495 e. The summed E-state index contributed by atoms with van der Waals surface area (Å²) in [5.74, 6) is 0.824. The molecule has 0 saturated heterocycles. The predicted octanol–water partition coefficient (Wildman–Crippen LogP) is 4.49. The van der Waals surface area contributed by atoms with Gasteiger partial charge in [-0.1, -0.05) is 25.4 Å². The maximum Gasteiger partial charge on any atom is 0.243 e. The van der Waals surface area contributed by atoms with Gasteiger partial charge in [0.15, 0.2) is 0 Å². The highest BCUT2D eigenvalue weighted by Gasteiger charge is 2.23. The van der Waals surface area contributed by atoms with E-state index in [0.717, 1.165) is 5.56 Å². The highest BCUT2D eigenvalue weighted by Crippen LogP contribution is 2.29. The van der Waals surface area contributed by atoms with Crippen molar-refractivity contribution in [3.8, 4) is 11.5 Å². The summed E-state index contributed by atoms with van der Waals surface area (Å²) in [6, 6.07) is 9.83. The lowest BCUT2D eigenvalue weighted by atomic mass is 10.2. The topological polar surface area (TPSA) is 84.9 Å². The summed E-state index contributed by atoms with van der Waals surface area (Å²) >= 11 is 6.00. The number of halogens is 1. The molecule has 0 aliphatic heterocycles. The van der Waals surface area contributed by atoms with Crippen LogP contribution in [0, 0.1) is 6.92 Å². The fourth-order valence-corrected chi connectivity index (χ4v) is 4.60. The van der Waals surface area contributed by atoms with Crippen molar-refractivity contribution in [2.45, 2.75) is 38.5 Å². The third kappa shape index (κ3) is 6.59. The second kappa shape index (κ2) is 11.4. The molecule has 2 rings (SSSR count). The number of amides is 1. The third-order valence-electron chi connectivity index (χ3n) is 4.73. The SMILES string of the molecule is CCN(CC)S(=O)(=O)c1ccc(OC)c(NC(=O)CCCOc2ccc(Cl)c(C)c2)c1. The zero-order valence-electron chi connectivity index (χ0n) is 18.3. The normalized spacial score (nSPS) is 11.4. The summed E-state index contributed by atoms with van der Waals surface area (Å²) in [6.45, 7) is 6.54. The molecular weight excluding hydrogens is 440 g/mol. The zero-order valence-corrected chi connectivity index (χ0v) is 19.8. The van der Waals surface area contributed by atoms with Gasteiger partial charge >= 0.3 is 0 Å². The maximum atomic E-state index is 12.8. The first-order valence-electron chi connectivity index (χ1n) is 10.1. The molecule has 1 N–H and O–H groups in total. The quantitative estimate of drug-likeness (QED) is 0.491. The number of hydrogen-bond donors (Lipinski definition) is 1. The molecule has 0 unspecified atom stereocenters. The molecule has 0 aliphatic rings. The molecule has 1 amide bonds. The molecule has 0 radical (unpaired) electrons. The predicted molar refractivity (Wildman–Crippen MR) is 123 cm³/mol. The molecule has 0 aliphatic carbocycles. The van der Waals surface area contributed by atoms with E-state index in [9.17, 15) is 13.2 Å². The van der Waals surface area contributed by atoms with Gasteiger partial charge in [-0.25, -0.2) is 8.42 Å². The maximum absolute atomic E-state index is 12.8.